The van der Waals surface area contributed by atoms with Gasteiger partial charge in [0.15, 0.2) is 5.16 Å². The molecular formula is C15H28N6S. The Kier molecular flexibility index (Phi) is 6.72. The molecule has 3 N–H and O–H groups in total. The Labute approximate surface area is 137 Å². The van der Waals surface area contributed by atoms with Gasteiger partial charge in [-0.2, -0.15) is 0 Å². The highest BCUT2D eigenvalue weighted by atomic mass is 32.2. The van der Waals surface area contributed by atoms with Crippen molar-refractivity contribution < 1.29 is 0 Å². The van der Waals surface area contributed by atoms with Gasteiger partial charge in [0.25, 0.3) is 0 Å². The van der Waals surface area contributed by atoms with Crippen molar-refractivity contribution in [2.24, 2.45) is 0 Å². The van der Waals surface area contributed by atoms with E-state index in [-0.39, 0.29) is 0 Å². The maximum Gasteiger partial charge on any atom is 0.191 e. The summed E-state index contributed by atoms with van der Waals surface area (Å²) < 4.78 is 0. The molecule has 0 bridgehead atoms. The Morgan fingerprint density at radius 1 is 1.36 bits per heavy atom. The van der Waals surface area contributed by atoms with Gasteiger partial charge in [0.2, 0.25) is 0 Å². The van der Waals surface area contributed by atoms with Crippen LogP contribution in [0.25, 0.3) is 0 Å². The molecule has 2 rings (SSSR count). The van der Waals surface area contributed by atoms with Gasteiger partial charge in [-0.1, -0.05) is 25.1 Å². The Morgan fingerprint density at radius 2 is 2.18 bits per heavy atom. The van der Waals surface area contributed by atoms with E-state index in [1.807, 2.05) is 6.07 Å². The molecule has 0 aromatic carbocycles. The molecule has 1 atom stereocenters. The number of hydrogen-bond donors (Lipinski definition) is 2. The topological polar surface area (TPSA) is 70.3 Å². The van der Waals surface area contributed by atoms with Gasteiger partial charge in [-0.15, -0.1) is 0 Å². The van der Waals surface area contributed by atoms with Gasteiger partial charge in [0.1, 0.15) is 11.6 Å². The van der Waals surface area contributed by atoms with Crippen LogP contribution >= 0.6 is 11.8 Å². The van der Waals surface area contributed by atoms with E-state index in [9.17, 15) is 0 Å². The highest BCUT2D eigenvalue weighted by Crippen LogP contribution is 2.19. The smallest absolute Gasteiger partial charge is 0.191 e. The second kappa shape index (κ2) is 8.55. The van der Waals surface area contributed by atoms with Crippen molar-refractivity contribution in [1.82, 2.24) is 19.8 Å². The van der Waals surface area contributed by atoms with E-state index < -0.39 is 0 Å². The monoisotopic (exact) mass is 324 g/mol. The molecule has 124 valence electrons. The molecular weight excluding hydrogens is 296 g/mol. The number of nitrogen functional groups attached to an aromatic ring is 1. The van der Waals surface area contributed by atoms with Crippen molar-refractivity contribution in [3.05, 3.63) is 6.07 Å². The molecule has 1 aliphatic heterocycles. The normalized spacial score (nSPS) is 20.2. The first-order valence-electron chi connectivity index (χ1n) is 7.98. The molecule has 0 amide bonds. The number of thioether (sulfide) groups is 1. The van der Waals surface area contributed by atoms with Gasteiger partial charge in [-0.3, -0.25) is 4.90 Å². The van der Waals surface area contributed by atoms with Gasteiger partial charge in [0.05, 0.1) is 0 Å². The third kappa shape index (κ3) is 5.30. The van der Waals surface area contributed by atoms with Gasteiger partial charge in [-0.05, 0) is 20.5 Å². The Bertz CT molecular complexity index is 469. The maximum atomic E-state index is 5.90. The van der Waals surface area contributed by atoms with Crippen molar-refractivity contribution in [1.29, 1.82) is 0 Å². The molecule has 1 saturated heterocycles. The zero-order valence-electron chi connectivity index (χ0n) is 13.9. The lowest BCUT2D eigenvalue weighted by molar-refractivity contribution is 0.122. The average molecular weight is 324 g/mol. The number of unbranched alkanes of at least 4 members (excludes halogenated alkanes) is 1. The predicted molar refractivity (Wildman–Crippen MR) is 94.5 cm³/mol. The summed E-state index contributed by atoms with van der Waals surface area (Å²) in [6.07, 6.45) is 2.35. The minimum atomic E-state index is 0.492. The fraction of sp³-hybridized carbons (Fsp3) is 0.733. The Morgan fingerprint density at radius 3 is 2.95 bits per heavy atom. The molecule has 0 radical (unpaired) electrons. The van der Waals surface area contributed by atoms with Crippen molar-refractivity contribution in [2.75, 3.05) is 57.1 Å². The predicted octanol–water partition coefficient (Wildman–Crippen LogP) is 1.61. The van der Waals surface area contributed by atoms with Gasteiger partial charge < -0.3 is 16.0 Å². The van der Waals surface area contributed by atoms with Crippen LogP contribution in [-0.4, -0.2) is 71.8 Å². The number of piperazine rings is 1. The zero-order chi connectivity index (χ0) is 15.9. The minimum Gasteiger partial charge on any atom is -0.383 e. The van der Waals surface area contributed by atoms with Crippen LogP contribution in [0.2, 0.25) is 0 Å². The van der Waals surface area contributed by atoms with Crippen LogP contribution in [0, 0.1) is 0 Å². The standard InChI is InChI=1S/C15H28N6S/c1-4-5-8-22-15-18-13(16)9-14(19-15)17-10-12-11-20(2)6-7-21(12)3/h9,12H,4-8,10-11H2,1-3H3,(H3,16,17,18,19). The third-order valence-electron chi connectivity index (χ3n) is 3.95. The SMILES string of the molecule is CCCCSc1nc(N)cc(NCC2CN(C)CCN2C)n1. The molecule has 7 heteroatoms. The molecule has 1 unspecified atom stereocenters. The van der Waals surface area contributed by atoms with Crippen LogP contribution < -0.4 is 11.1 Å². The molecule has 1 aromatic rings. The van der Waals surface area contributed by atoms with Gasteiger partial charge in [-0.25, -0.2) is 9.97 Å². The summed E-state index contributed by atoms with van der Waals surface area (Å²) in [4.78, 5) is 13.6. The summed E-state index contributed by atoms with van der Waals surface area (Å²) in [6, 6.07) is 2.31. The molecule has 2 heterocycles. The van der Waals surface area contributed by atoms with E-state index >= 15 is 0 Å². The molecule has 0 saturated carbocycles. The number of aromatic nitrogens is 2. The Hall–Kier alpha value is -1.05. The lowest BCUT2D eigenvalue weighted by Gasteiger charge is -2.37. The summed E-state index contributed by atoms with van der Waals surface area (Å²) in [6.45, 7) is 6.36. The van der Waals surface area contributed by atoms with E-state index in [0.29, 0.717) is 11.9 Å². The molecule has 1 aliphatic rings. The van der Waals surface area contributed by atoms with E-state index in [2.05, 4.69) is 46.1 Å². The first-order valence-corrected chi connectivity index (χ1v) is 8.97. The van der Waals surface area contributed by atoms with Crippen LogP contribution in [-0.2, 0) is 0 Å². The van der Waals surface area contributed by atoms with Crippen molar-refractivity contribution >= 4 is 23.4 Å². The van der Waals surface area contributed by atoms with Crippen LogP contribution in [0.5, 0.6) is 0 Å². The number of anilines is 2. The lowest BCUT2D eigenvalue weighted by atomic mass is 10.2. The summed E-state index contributed by atoms with van der Waals surface area (Å²) in [5.74, 6) is 2.40. The highest BCUT2D eigenvalue weighted by Gasteiger charge is 2.21. The molecule has 22 heavy (non-hydrogen) atoms. The second-order valence-electron chi connectivity index (χ2n) is 5.94. The number of likely N-dealkylation sites (N-methyl/N-ethyl adjacent to an activating group) is 2. The average Bonchev–Trinajstić information content (AvgIpc) is 2.48. The van der Waals surface area contributed by atoms with Crippen molar-refractivity contribution in [2.45, 2.75) is 31.0 Å². The van der Waals surface area contributed by atoms with Crippen LogP contribution in [0.15, 0.2) is 11.2 Å². The van der Waals surface area contributed by atoms with Crippen molar-refractivity contribution in [3.8, 4) is 0 Å². The van der Waals surface area contributed by atoms with Crippen LogP contribution in [0.1, 0.15) is 19.8 Å². The number of hydrogen-bond acceptors (Lipinski definition) is 7. The summed E-state index contributed by atoms with van der Waals surface area (Å²) in [7, 11) is 4.35. The molecule has 0 spiro atoms. The number of nitrogens with zero attached hydrogens (tertiary/aromatic N) is 4. The lowest BCUT2D eigenvalue weighted by Crippen LogP contribution is -2.52. The molecule has 1 aromatic heterocycles. The van der Waals surface area contributed by atoms with Crippen molar-refractivity contribution in [3.63, 3.8) is 0 Å². The largest absolute Gasteiger partial charge is 0.383 e. The maximum absolute atomic E-state index is 5.90. The number of rotatable bonds is 7. The van der Waals surface area contributed by atoms with Crippen LogP contribution in [0.3, 0.4) is 0 Å². The van der Waals surface area contributed by atoms with E-state index in [0.717, 1.165) is 42.9 Å². The third-order valence-corrected chi connectivity index (χ3v) is 4.89. The summed E-state index contributed by atoms with van der Waals surface area (Å²) >= 11 is 1.67. The van der Waals surface area contributed by atoms with E-state index in [4.69, 9.17) is 5.73 Å². The van der Waals surface area contributed by atoms with Crippen LogP contribution in [0.4, 0.5) is 11.6 Å². The Balaban J connectivity index is 1.91. The first-order chi connectivity index (χ1) is 10.6. The summed E-state index contributed by atoms with van der Waals surface area (Å²) in [5, 5.41) is 4.19. The van der Waals surface area contributed by atoms with E-state index in [1.165, 1.54) is 12.8 Å². The molecule has 6 nitrogen and oxygen atoms in total. The summed E-state index contributed by atoms with van der Waals surface area (Å²) in [5.41, 5.74) is 5.90. The second-order valence-corrected chi connectivity index (χ2v) is 7.00. The van der Waals surface area contributed by atoms with Gasteiger partial charge >= 0.3 is 0 Å². The van der Waals surface area contributed by atoms with E-state index in [1.54, 1.807) is 11.8 Å². The van der Waals surface area contributed by atoms with Gasteiger partial charge in [0, 0.05) is 44.0 Å². The highest BCUT2D eigenvalue weighted by molar-refractivity contribution is 7.99. The minimum absolute atomic E-state index is 0.492. The number of nitrogens with two attached hydrogens (primary N) is 1. The molecule has 1 fully saturated rings. The quantitative estimate of drug-likeness (QED) is 0.448. The molecule has 0 aliphatic carbocycles. The zero-order valence-corrected chi connectivity index (χ0v) is 14.7. The first kappa shape index (κ1) is 17.3. The fourth-order valence-electron chi connectivity index (χ4n) is 2.45. The number of nitrogens with one attached hydrogen (secondary N) is 1. The fourth-order valence-corrected chi connectivity index (χ4v) is 3.40.